The van der Waals surface area contributed by atoms with E-state index in [2.05, 4.69) is 0 Å². The lowest BCUT2D eigenvalue weighted by atomic mass is 9.81. The summed E-state index contributed by atoms with van der Waals surface area (Å²) in [4.78, 5) is 0. The predicted octanol–water partition coefficient (Wildman–Crippen LogP) is 2.44. The van der Waals surface area contributed by atoms with Crippen LogP contribution in [0.25, 0.3) is 0 Å². The number of hydrogen-bond donors (Lipinski definition) is 1. The van der Waals surface area contributed by atoms with Crippen LogP contribution in [-0.4, -0.2) is 5.11 Å². The number of aliphatic hydroxyl groups is 1. The summed E-state index contributed by atoms with van der Waals surface area (Å²) < 4.78 is 10.7. The molecule has 1 atom stereocenters. The van der Waals surface area contributed by atoms with E-state index in [-0.39, 0.29) is 0 Å². The Balaban J connectivity index is 2.15. The molecule has 0 radical (unpaired) electrons. The quantitative estimate of drug-likeness (QED) is 0.776. The molecular formula is C12H12O3. The molecule has 0 amide bonds. The van der Waals surface area contributed by atoms with Gasteiger partial charge in [-0.05, 0) is 31.0 Å². The first-order chi connectivity index (χ1) is 7.31. The van der Waals surface area contributed by atoms with Gasteiger partial charge in [0.2, 0.25) is 0 Å². The number of hydrogen-bond acceptors (Lipinski definition) is 3. The van der Waals surface area contributed by atoms with Crippen LogP contribution in [0, 0.1) is 0 Å². The molecule has 2 heterocycles. The summed E-state index contributed by atoms with van der Waals surface area (Å²) in [6.45, 7) is 0. The van der Waals surface area contributed by atoms with Gasteiger partial charge in [-0.2, -0.15) is 0 Å². The fourth-order valence-corrected chi connectivity index (χ4v) is 2.31. The molecule has 0 aliphatic heterocycles. The first kappa shape index (κ1) is 8.80. The maximum Gasteiger partial charge on any atom is 0.150 e. The Morgan fingerprint density at radius 3 is 2.93 bits per heavy atom. The van der Waals surface area contributed by atoms with Crippen molar-refractivity contribution in [1.82, 2.24) is 0 Å². The van der Waals surface area contributed by atoms with E-state index in [1.54, 1.807) is 18.6 Å². The minimum atomic E-state index is -0.996. The maximum atomic E-state index is 10.6. The van der Waals surface area contributed by atoms with Crippen LogP contribution >= 0.6 is 0 Å². The van der Waals surface area contributed by atoms with Crippen LogP contribution in [0.5, 0.6) is 0 Å². The van der Waals surface area contributed by atoms with E-state index in [9.17, 15) is 5.11 Å². The van der Waals surface area contributed by atoms with Gasteiger partial charge in [-0.25, -0.2) is 0 Å². The lowest BCUT2D eigenvalue weighted by molar-refractivity contribution is 0.0368. The smallest absolute Gasteiger partial charge is 0.150 e. The summed E-state index contributed by atoms with van der Waals surface area (Å²) in [6, 6.07) is 5.43. The zero-order valence-electron chi connectivity index (χ0n) is 8.27. The van der Waals surface area contributed by atoms with Gasteiger partial charge in [0.05, 0.1) is 12.5 Å². The molecule has 0 aromatic carbocycles. The Morgan fingerprint density at radius 1 is 1.20 bits per heavy atom. The van der Waals surface area contributed by atoms with Crippen molar-refractivity contribution in [3.05, 3.63) is 47.8 Å². The second-order valence-electron chi connectivity index (χ2n) is 3.95. The molecule has 0 saturated heterocycles. The van der Waals surface area contributed by atoms with Gasteiger partial charge in [-0.15, -0.1) is 0 Å². The van der Waals surface area contributed by atoms with Crippen LogP contribution in [0.4, 0.5) is 0 Å². The number of fused-ring (bicyclic) bond motifs is 1. The third kappa shape index (κ3) is 1.16. The zero-order valence-corrected chi connectivity index (χ0v) is 8.27. The Morgan fingerprint density at radius 2 is 2.13 bits per heavy atom. The van der Waals surface area contributed by atoms with Gasteiger partial charge < -0.3 is 13.9 Å². The molecule has 2 aromatic rings. The van der Waals surface area contributed by atoms with Crippen molar-refractivity contribution < 1.29 is 13.9 Å². The molecule has 0 fully saturated rings. The van der Waals surface area contributed by atoms with Gasteiger partial charge in [0.15, 0.2) is 5.60 Å². The molecule has 15 heavy (non-hydrogen) atoms. The van der Waals surface area contributed by atoms with Crippen LogP contribution in [0.1, 0.15) is 29.9 Å². The second kappa shape index (κ2) is 3.00. The molecule has 3 heteroatoms. The average molecular weight is 204 g/mol. The standard InChI is InChI=1S/C12H12O3/c13-12(11-4-2-7-15-11)6-1-3-10-9(12)5-8-14-10/h2,4-5,7-8,13H,1,3,6H2. The fraction of sp³-hybridized carbons (Fsp3) is 0.333. The molecule has 2 aromatic heterocycles. The first-order valence-corrected chi connectivity index (χ1v) is 5.14. The normalized spacial score (nSPS) is 25.1. The van der Waals surface area contributed by atoms with Gasteiger partial charge in [0.1, 0.15) is 11.5 Å². The molecule has 1 aliphatic rings. The van der Waals surface area contributed by atoms with Crippen molar-refractivity contribution in [3.63, 3.8) is 0 Å². The van der Waals surface area contributed by atoms with Crippen molar-refractivity contribution in [2.45, 2.75) is 24.9 Å². The minimum Gasteiger partial charge on any atom is -0.469 e. The highest BCUT2D eigenvalue weighted by Gasteiger charge is 2.40. The van der Waals surface area contributed by atoms with Crippen molar-refractivity contribution in [2.24, 2.45) is 0 Å². The van der Waals surface area contributed by atoms with Gasteiger partial charge >= 0.3 is 0 Å². The van der Waals surface area contributed by atoms with Crippen molar-refractivity contribution in [1.29, 1.82) is 0 Å². The second-order valence-corrected chi connectivity index (χ2v) is 3.95. The number of furan rings is 2. The minimum absolute atomic E-state index is 0.602. The highest BCUT2D eigenvalue weighted by atomic mass is 16.4. The molecule has 3 nitrogen and oxygen atoms in total. The summed E-state index contributed by atoms with van der Waals surface area (Å²) in [7, 11) is 0. The molecule has 1 unspecified atom stereocenters. The monoisotopic (exact) mass is 204 g/mol. The van der Waals surface area contributed by atoms with E-state index in [0.717, 1.165) is 24.2 Å². The number of rotatable bonds is 1. The molecule has 0 saturated carbocycles. The Kier molecular flexibility index (Phi) is 1.76. The maximum absolute atomic E-state index is 10.6. The lowest BCUT2D eigenvalue weighted by Crippen LogP contribution is -2.30. The zero-order chi connectivity index (χ0) is 10.3. The van der Waals surface area contributed by atoms with Crippen molar-refractivity contribution in [2.75, 3.05) is 0 Å². The average Bonchev–Trinajstić information content (AvgIpc) is 2.89. The molecule has 1 aliphatic carbocycles. The van der Waals surface area contributed by atoms with Gasteiger partial charge in [-0.1, -0.05) is 0 Å². The van der Waals surface area contributed by atoms with E-state index in [0.29, 0.717) is 12.2 Å². The molecule has 0 bridgehead atoms. The van der Waals surface area contributed by atoms with E-state index < -0.39 is 5.60 Å². The van der Waals surface area contributed by atoms with E-state index >= 15 is 0 Å². The fourth-order valence-electron chi connectivity index (χ4n) is 2.31. The summed E-state index contributed by atoms with van der Waals surface area (Å²) in [5, 5.41) is 10.6. The van der Waals surface area contributed by atoms with Gasteiger partial charge in [0.25, 0.3) is 0 Å². The Labute approximate surface area is 87.3 Å². The Hall–Kier alpha value is -1.48. The Bertz CT molecular complexity index is 455. The molecular weight excluding hydrogens is 192 g/mol. The van der Waals surface area contributed by atoms with Crippen LogP contribution in [0.15, 0.2) is 39.6 Å². The highest BCUT2D eigenvalue weighted by Crippen LogP contribution is 2.40. The summed E-state index contributed by atoms with van der Waals surface area (Å²) in [5.41, 5.74) is -0.145. The third-order valence-electron chi connectivity index (χ3n) is 3.06. The summed E-state index contributed by atoms with van der Waals surface area (Å²) >= 11 is 0. The van der Waals surface area contributed by atoms with Crippen molar-refractivity contribution in [3.8, 4) is 0 Å². The lowest BCUT2D eigenvalue weighted by Gasteiger charge is -2.29. The van der Waals surface area contributed by atoms with Crippen molar-refractivity contribution >= 4 is 0 Å². The van der Waals surface area contributed by atoms with Crippen LogP contribution in [0.3, 0.4) is 0 Å². The topological polar surface area (TPSA) is 46.5 Å². The van der Waals surface area contributed by atoms with Gasteiger partial charge in [0, 0.05) is 12.0 Å². The predicted molar refractivity (Wildman–Crippen MR) is 53.4 cm³/mol. The van der Waals surface area contributed by atoms with Gasteiger partial charge in [-0.3, -0.25) is 0 Å². The molecule has 78 valence electrons. The van der Waals surface area contributed by atoms with E-state index in [1.807, 2.05) is 12.1 Å². The summed E-state index contributed by atoms with van der Waals surface area (Å²) in [5.74, 6) is 1.48. The van der Waals surface area contributed by atoms with Crippen LogP contribution in [0.2, 0.25) is 0 Å². The molecule has 3 rings (SSSR count). The van der Waals surface area contributed by atoms with Crippen LogP contribution in [-0.2, 0) is 12.0 Å². The van der Waals surface area contributed by atoms with E-state index in [4.69, 9.17) is 8.83 Å². The summed E-state index contributed by atoms with van der Waals surface area (Å²) in [6.07, 6.45) is 5.71. The van der Waals surface area contributed by atoms with E-state index in [1.165, 1.54) is 0 Å². The molecule has 0 spiro atoms. The third-order valence-corrected chi connectivity index (χ3v) is 3.06. The SMILES string of the molecule is OC1(c2ccco2)CCCc2occc21. The largest absolute Gasteiger partial charge is 0.469 e. The first-order valence-electron chi connectivity index (χ1n) is 5.14. The molecule has 1 N–H and O–H groups in total. The highest BCUT2D eigenvalue weighted by molar-refractivity contribution is 5.35. The van der Waals surface area contributed by atoms with Crippen LogP contribution < -0.4 is 0 Å². The number of aryl methyl sites for hydroxylation is 1.